The molecule has 6 heteroatoms. The summed E-state index contributed by atoms with van der Waals surface area (Å²) in [5.74, 6) is -0.442. The lowest BCUT2D eigenvalue weighted by Gasteiger charge is -2.29. The van der Waals surface area contributed by atoms with Gasteiger partial charge in [0.1, 0.15) is 0 Å². The van der Waals surface area contributed by atoms with Crippen LogP contribution in [-0.2, 0) is 16.0 Å². The number of methoxy groups -OCH3 is 2. The topological polar surface area (TPSA) is 76.1 Å². The second-order valence-corrected chi connectivity index (χ2v) is 8.55. The normalized spacial score (nSPS) is 16.6. The number of hydrogen-bond donors (Lipinski definition) is 1. The van der Waals surface area contributed by atoms with Crippen molar-refractivity contribution in [1.82, 2.24) is 0 Å². The van der Waals surface area contributed by atoms with Crippen LogP contribution < -0.4 is 14.4 Å². The first-order valence-electron chi connectivity index (χ1n) is 10.3. The molecular formula is C25H29NO5. The molecule has 2 aromatic rings. The maximum Gasteiger partial charge on any atom is 0.294 e. The molecule has 0 saturated carbocycles. The van der Waals surface area contributed by atoms with Crippen molar-refractivity contribution in [2.45, 2.75) is 40.2 Å². The van der Waals surface area contributed by atoms with Gasteiger partial charge in [-0.1, -0.05) is 52.0 Å². The molecule has 1 amide bonds. The zero-order valence-corrected chi connectivity index (χ0v) is 18.9. The van der Waals surface area contributed by atoms with Gasteiger partial charge >= 0.3 is 0 Å². The molecule has 0 saturated heterocycles. The van der Waals surface area contributed by atoms with Gasteiger partial charge in [-0.2, -0.15) is 0 Å². The number of anilines is 1. The Balaban J connectivity index is 2.20. The lowest BCUT2D eigenvalue weighted by atomic mass is 9.82. The van der Waals surface area contributed by atoms with Crippen molar-refractivity contribution < 1.29 is 24.2 Å². The van der Waals surface area contributed by atoms with Crippen LogP contribution in [0, 0.1) is 5.41 Å². The number of Topliss-reactive ketones (excluding diaryl/α,β-unsaturated/α-hetero) is 1. The molecule has 1 aliphatic heterocycles. The van der Waals surface area contributed by atoms with Crippen LogP contribution in [0.15, 0.2) is 53.8 Å². The molecule has 0 aromatic heterocycles. The van der Waals surface area contributed by atoms with Crippen molar-refractivity contribution in [3.05, 3.63) is 64.9 Å². The highest BCUT2D eigenvalue weighted by molar-refractivity contribution is 6.17. The molecule has 3 rings (SSSR count). The number of amides is 1. The van der Waals surface area contributed by atoms with Gasteiger partial charge in [-0.25, -0.2) is 0 Å². The number of nitrogens with zero attached hydrogens (tertiary/aromatic N) is 1. The van der Waals surface area contributed by atoms with Gasteiger partial charge in [-0.3, -0.25) is 14.5 Å². The Kier molecular flexibility index (Phi) is 6.11. The highest BCUT2D eigenvalue weighted by atomic mass is 16.5. The second-order valence-electron chi connectivity index (χ2n) is 8.55. The number of aliphatic hydroxyl groups is 1. The fraction of sp³-hybridized carbons (Fsp3) is 0.360. The zero-order valence-electron chi connectivity index (χ0n) is 18.9. The van der Waals surface area contributed by atoms with Crippen LogP contribution >= 0.6 is 0 Å². The maximum atomic E-state index is 13.3. The summed E-state index contributed by atoms with van der Waals surface area (Å²) in [5, 5.41) is 10.8. The van der Waals surface area contributed by atoms with E-state index in [-0.39, 0.29) is 11.4 Å². The lowest BCUT2D eigenvalue weighted by Crippen LogP contribution is -2.32. The van der Waals surface area contributed by atoms with Crippen molar-refractivity contribution in [3.63, 3.8) is 0 Å². The van der Waals surface area contributed by atoms with E-state index in [1.165, 1.54) is 19.1 Å². The Bertz CT molecular complexity index is 1030. The molecule has 1 N–H and O–H groups in total. The summed E-state index contributed by atoms with van der Waals surface area (Å²) in [6.07, 6.45) is 0.873. The molecule has 1 unspecified atom stereocenters. The largest absolute Gasteiger partial charge is 0.503 e. The van der Waals surface area contributed by atoms with Gasteiger partial charge in [-0.05, 0) is 29.7 Å². The van der Waals surface area contributed by atoms with Crippen molar-refractivity contribution >= 4 is 17.4 Å². The van der Waals surface area contributed by atoms with E-state index in [0.717, 1.165) is 17.5 Å². The van der Waals surface area contributed by atoms with Gasteiger partial charge in [0, 0.05) is 17.2 Å². The van der Waals surface area contributed by atoms with E-state index in [2.05, 4.69) is 6.92 Å². The van der Waals surface area contributed by atoms with Gasteiger partial charge in [0.05, 0.1) is 25.8 Å². The first-order valence-corrected chi connectivity index (χ1v) is 10.3. The fourth-order valence-electron chi connectivity index (χ4n) is 3.73. The summed E-state index contributed by atoms with van der Waals surface area (Å²) >= 11 is 0. The molecule has 0 bridgehead atoms. The molecule has 1 atom stereocenters. The quantitative estimate of drug-likeness (QED) is 0.724. The van der Waals surface area contributed by atoms with Gasteiger partial charge in [-0.15, -0.1) is 0 Å². The number of aryl methyl sites for hydroxylation is 1. The molecule has 0 fully saturated rings. The highest BCUT2D eigenvalue weighted by Gasteiger charge is 2.46. The molecule has 164 valence electrons. The molecule has 0 radical (unpaired) electrons. The van der Waals surface area contributed by atoms with E-state index in [1.54, 1.807) is 39.0 Å². The highest BCUT2D eigenvalue weighted by Crippen LogP contribution is 2.45. The molecule has 31 heavy (non-hydrogen) atoms. The summed E-state index contributed by atoms with van der Waals surface area (Å²) in [6, 6.07) is 12.1. The number of hydrogen-bond acceptors (Lipinski definition) is 5. The molecule has 0 aliphatic carbocycles. The average molecular weight is 424 g/mol. The SMILES string of the molecule is CCc1ccc(C2C(C(=O)C(C)(C)C)=C(O)C(=O)N2c2ccc(OC)c(OC)c2)cc1. The second kappa shape index (κ2) is 8.46. The molecular weight excluding hydrogens is 394 g/mol. The zero-order chi connectivity index (χ0) is 22.9. The number of ether oxygens (including phenoxy) is 2. The monoisotopic (exact) mass is 423 g/mol. The van der Waals surface area contributed by atoms with Crippen molar-refractivity contribution in [3.8, 4) is 11.5 Å². The first-order chi connectivity index (χ1) is 14.6. The molecule has 2 aromatic carbocycles. The Labute approximate surface area is 183 Å². The van der Waals surface area contributed by atoms with E-state index in [0.29, 0.717) is 17.2 Å². The summed E-state index contributed by atoms with van der Waals surface area (Å²) in [7, 11) is 3.04. The Morgan fingerprint density at radius 2 is 1.65 bits per heavy atom. The van der Waals surface area contributed by atoms with Crippen molar-refractivity contribution in [2.24, 2.45) is 5.41 Å². The lowest BCUT2D eigenvalue weighted by molar-refractivity contribution is -0.123. The van der Waals surface area contributed by atoms with Crippen LogP contribution in [0.4, 0.5) is 5.69 Å². The molecule has 1 aliphatic rings. The summed E-state index contributed by atoms with van der Waals surface area (Å²) in [6.45, 7) is 7.38. The Morgan fingerprint density at radius 1 is 1.03 bits per heavy atom. The third-order valence-corrected chi connectivity index (χ3v) is 5.48. The average Bonchev–Trinajstić information content (AvgIpc) is 3.02. The number of benzene rings is 2. The summed E-state index contributed by atoms with van der Waals surface area (Å²) in [4.78, 5) is 27.9. The van der Waals surface area contributed by atoms with Gasteiger partial charge in [0.15, 0.2) is 23.0 Å². The Morgan fingerprint density at radius 3 is 2.16 bits per heavy atom. The minimum atomic E-state index is -0.765. The standard InChI is InChI=1S/C25H29NO5/c1-7-15-8-10-16(11-9-15)21-20(23(28)25(2,3)4)22(27)24(29)26(21)17-12-13-18(30-5)19(14-17)31-6/h8-14,21,27H,7H2,1-6H3. The van der Waals surface area contributed by atoms with Crippen LogP contribution in [0.5, 0.6) is 11.5 Å². The van der Waals surface area contributed by atoms with E-state index in [9.17, 15) is 14.7 Å². The molecule has 6 nitrogen and oxygen atoms in total. The van der Waals surface area contributed by atoms with Crippen molar-refractivity contribution in [1.29, 1.82) is 0 Å². The summed E-state index contributed by atoms with van der Waals surface area (Å²) < 4.78 is 10.7. The smallest absolute Gasteiger partial charge is 0.294 e. The van der Waals surface area contributed by atoms with Crippen LogP contribution in [-0.4, -0.2) is 31.0 Å². The number of ketones is 1. The summed E-state index contributed by atoms with van der Waals surface area (Å²) in [5.41, 5.74) is 1.73. The van der Waals surface area contributed by atoms with E-state index < -0.39 is 23.1 Å². The predicted octanol–water partition coefficient (Wildman–Crippen LogP) is 4.78. The van der Waals surface area contributed by atoms with E-state index in [1.807, 2.05) is 24.3 Å². The van der Waals surface area contributed by atoms with Crippen LogP contribution in [0.3, 0.4) is 0 Å². The minimum absolute atomic E-state index is 0.108. The predicted molar refractivity (Wildman–Crippen MR) is 120 cm³/mol. The van der Waals surface area contributed by atoms with E-state index in [4.69, 9.17) is 9.47 Å². The van der Waals surface area contributed by atoms with Crippen LogP contribution in [0.1, 0.15) is 44.9 Å². The van der Waals surface area contributed by atoms with Gasteiger partial charge < -0.3 is 14.6 Å². The third-order valence-electron chi connectivity index (χ3n) is 5.48. The maximum absolute atomic E-state index is 13.3. The number of aliphatic hydroxyl groups excluding tert-OH is 1. The van der Waals surface area contributed by atoms with Crippen LogP contribution in [0.25, 0.3) is 0 Å². The van der Waals surface area contributed by atoms with Gasteiger partial charge in [0.25, 0.3) is 5.91 Å². The van der Waals surface area contributed by atoms with Crippen molar-refractivity contribution in [2.75, 3.05) is 19.1 Å². The number of carbonyl (C=O) groups is 2. The third kappa shape index (κ3) is 4.02. The van der Waals surface area contributed by atoms with Gasteiger partial charge in [0.2, 0.25) is 0 Å². The first kappa shape index (κ1) is 22.4. The Hall–Kier alpha value is -3.28. The molecule has 1 heterocycles. The van der Waals surface area contributed by atoms with E-state index >= 15 is 0 Å². The van der Waals surface area contributed by atoms with Crippen LogP contribution in [0.2, 0.25) is 0 Å². The number of rotatable bonds is 6. The minimum Gasteiger partial charge on any atom is -0.503 e. The fourth-order valence-corrected chi connectivity index (χ4v) is 3.73. The number of carbonyl (C=O) groups excluding carboxylic acids is 2. The molecule has 0 spiro atoms.